The van der Waals surface area contributed by atoms with Gasteiger partial charge in [-0.05, 0) is 24.1 Å². The molecule has 1 unspecified atom stereocenters. The molecule has 1 aliphatic heterocycles. The summed E-state index contributed by atoms with van der Waals surface area (Å²) in [6.45, 7) is 1.36. The fourth-order valence-corrected chi connectivity index (χ4v) is 4.58. The highest BCUT2D eigenvalue weighted by Gasteiger charge is 2.28. The molecule has 2 heterocycles. The number of benzene rings is 1. The molecule has 1 aliphatic rings. The number of para-hydroxylation sites is 1. The third-order valence-electron chi connectivity index (χ3n) is 4.40. The zero-order valence-electron chi connectivity index (χ0n) is 16.4. The van der Waals surface area contributed by atoms with Crippen LogP contribution in [0.3, 0.4) is 0 Å². The molecule has 1 aromatic carbocycles. The van der Waals surface area contributed by atoms with Crippen molar-refractivity contribution in [2.24, 2.45) is 4.99 Å². The lowest BCUT2D eigenvalue weighted by Gasteiger charge is -2.16. The summed E-state index contributed by atoms with van der Waals surface area (Å²) in [6.07, 6.45) is 2.33. The lowest BCUT2D eigenvalue weighted by molar-refractivity contribution is 0.212. The van der Waals surface area contributed by atoms with Gasteiger partial charge in [-0.25, -0.2) is 13.4 Å². The van der Waals surface area contributed by atoms with Crippen molar-refractivity contribution in [1.82, 2.24) is 15.6 Å². The third kappa shape index (κ3) is 6.94. The lowest BCUT2D eigenvalue weighted by atomic mass is 10.2. The number of nitrogens with zero attached hydrogens (tertiary/aromatic N) is 2. The van der Waals surface area contributed by atoms with Crippen LogP contribution in [-0.4, -0.2) is 57.2 Å². The van der Waals surface area contributed by atoms with Gasteiger partial charge in [-0.3, -0.25) is 4.99 Å². The molecule has 0 radical (unpaired) electrons. The molecule has 8 nitrogen and oxygen atoms in total. The van der Waals surface area contributed by atoms with Crippen molar-refractivity contribution in [3.63, 3.8) is 0 Å². The number of hydrogen-bond donors (Lipinski definition) is 2. The highest BCUT2D eigenvalue weighted by Crippen LogP contribution is 2.12. The van der Waals surface area contributed by atoms with E-state index in [9.17, 15) is 8.42 Å². The molecular weight excluding hydrogens is 392 g/mol. The van der Waals surface area contributed by atoms with Crippen LogP contribution in [0.2, 0.25) is 0 Å². The lowest BCUT2D eigenvalue weighted by Crippen LogP contribution is -2.43. The summed E-state index contributed by atoms with van der Waals surface area (Å²) in [5.74, 6) is 2.29. The molecule has 1 saturated heterocycles. The number of aliphatic imine (C=N–C) groups is 1. The second kappa shape index (κ2) is 10.1. The minimum absolute atomic E-state index is 0.0989. The first-order valence-corrected chi connectivity index (χ1v) is 11.3. The molecule has 0 bridgehead atoms. The third-order valence-corrected chi connectivity index (χ3v) is 6.17. The number of ether oxygens (including phenoxy) is 2. The zero-order chi connectivity index (χ0) is 20.5. The second-order valence-electron chi connectivity index (χ2n) is 6.68. The van der Waals surface area contributed by atoms with E-state index >= 15 is 0 Å². The Morgan fingerprint density at radius 1 is 1.17 bits per heavy atom. The Morgan fingerprint density at radius 2 is 1.97 bits per heavy atom. The van der Waals surface area contributed by atoms with Crippen LogP contribution in [0.1, 0.15) is 12.0 Å². The predicted octanol–water partition coefficient (Wildman–Crippen LogP) is 1.39. The molecule has 3 rings (SSSR count). The number of sulfone groups is 1. The first-order valence-electron chi connectivity index (χ1n) is 9.47. The number of rotatable bonds is 8. The first-order chi connectivity index (χ1) is 14.0. The average Bonchev–Trinajstić information content (AvgIpc) is 3.08. The minimum Gasteiger partial charge on any atom is -0.490 e. The Hall–Kier alpha value is -2.81. The van der Waals surface area contributed by atoms with Crippen molar-refractivity contribution in [2.45, 2.75) is 19.0 Å². The summed E-state index contributed by atoms with van der Waals surface area (Å²) in [5.41, 5.74) is 0.958. The van der Waals surface area contributed by atoms with Crippen molar-refractivity contribution in [2.75, 3.05) is 31.8 Å². The van der Waals surface area contributed by atoms with Gasteiger partial charge in [0.15, 0.2) is 15.8 Å². The molecule has 29 heavy (non-hydrogen) atoms. The van der Waals surface area contributed by atoms with E-state index < -0.39 is 9.84 Å². The summed E-state index contributed by atoms with van der Waals surface area (Å²) in [4.78, 5) is 8.44. The monoisotopic (exact) mass is 418 g/mol. The number of hydrogen-bond acceptors (Lipinski definition) is 6. The van der Waals surface area contributed by atoms with E-state index in [1.165, 1.54) is 0 Å². The molecule has 1 aromatic heterocycles. The maximum Gasteiger partial charge on any atom is 0.213 e. The largest absolute Gasteiger partial charge is 0.490 e. The van der Waals surface area contributed by atoms with Gasteiger partial charge in [0.1, 0.15) is 19.0 Å². The van der Waals surface area contributed by atoms with Gasteiger partial charge in [0.25, 0.3) is 0 Å². The second-order valence-corrected chi connectivity index (χ2v) is 8.91. The Labute approximate surface area is 171 Å². The predicted molar refractivity (Wildman–Crippen MR) is 112 cm³/mol. The summed E-state index contributed by atoms with van der Waals surface area (Å²) in [5, 5.41) is 6.32. The van der Waals surface area contributed by atoms with Crippen LogP contribution in [0.25, 0.3) is 0 Å². The van der Waals surface area contributed by atoms with Crippen molar-refractivity contribution in [1.29, 1.82) is 0 Å². The van der Waals surface area contributed by atoms with E-state index in [-0.39, 0.29) is 17.5 Å². The normalized spacial score (nSPS) is 18.2. The molecule has 9 heteroatoms. The maximum atomic E-state index is 11.6. The SMILES string of the molecule is CN=C(NCc1ccc(OCCOc2ccccc2)nc1)NC1CCS(=O)(=O)C1. The van der Waals surface area contributed by atoms with Crippen molar-refractivity contribution in [3.05, 3.63) is 54.2 Å². The van der Waals surface area contributed by atoms with Crippen molar-refractivity contribution in [3.8, 4) is 11.6 Å². The molecule has 156 valence electrons. The molecule has 0 amide bonds. The van der Waals surface area contributed by atoms with Gasteiger partial charge < -0.3 is 20.1 Å². The summed E-state index contributed by atoms with van der Waals surface area (Å²) < 4.78 is 34.3. The van der Waals surface area contributed by atoms with Crippen LogP contribution in [0.4, 0.5) is 0 Å². The summed E-state index contributed by atoms with van der Waals surface area (Å²) in [6, 6.07) is 13.2. The van der Waals surface area contributed by atoms with Gasteiger partial charge in [-0.1, -0.05) is 24.3 Å². The van der Waals surface area contributed by atoms with E-state index in [0.29, 0.717) is 38.0 Å². The Kier molecular flexibility index (Phi) is 7.29. The standard InChI is InChI=1S/C20H26N4O4S/c1-21-20(24-17-9-12-29(25,26)15-17)23-14-16-7-8-19(22-13-16)28-11-10-27-18-5-3-2-4-6-18/h2-8,13,17H,9-12,14-15H2,1H3,(H2,21,23,24). The topological polar surface area (TPSA) is 102 Å². The molecule has 2 N–H and O–H groups in total. The first kappa shape index (κ1) is 20.9. The Balaban J connectivity index is 1.38. The van der Waals surface area contributed by atoms with Crippen LogP contribution in [0.5, 0.6) is 11.6 Å². The maximum absolute atomic E-state index is 11.6. The van der Waals surface area contributed by atoms with E-state index in [0.717, 1.165) is 11.3 Å². The number of guanidine groups is 1. The molecule has 2 aromatic rings. The van der Waals surface area contributed by atoms with Gasteiger partial charge in [-0.2, -0.15) is 0 Å². The molecule has 0 spiro atoms. The molecule has 1 fully saturated rings. The van der Waals surface area contributed by atoms with Crippen LogP contribution >= 0.6 is 0 Å². The average molecular weight is 419 g/mol. The summed E-state index contributed by atoms with van der Waals surface area (Å²) in [7, 11) is -1.27. The van der Waals surface area contributed by atoms with Gasteiger partial charge in [0.2, 0.25) is 5.88 Å². The molecule has 0 saturated carbocycles. The van der Waals surface area contributed by atoms with Crippen LogP contribution in [0, 0.1) is 0 Å². The highest BCUT2D eigenvalue weighted by molar-refractivity contribution is 7.91. The van der Waals surface area contributed by atoms with Crippen LogP contribution in [-0.2, 0) is 16.4 Å². The van der Waals surface area contributed by atoms with Gasteiger partial charge >= 0.3 is 0 Å². The van der Waals surface area contributed by atoms with E-state index in [1.807, 2.05) is 36.4 Å². The van der Waals surface area contributed by atoms with Gasteiger partial charge in [0, 0.05) is 31.9 Å². The van der Waals surface area contributed by atoms with Crippen LogP contribution < -0.4 is 20.1 Å². The molecule has 1 atom stereocenters. The number of pyridine rings is 1. The minimum atomic E-state index is -2.92. The van der Waals surface area contributed by atoms with Gasteiger partial charge in [-0.15, -0.1) is 0 Å². The van der Waals surface area contributed by atoms with E-state index in [4.69, 9.17) is 9.47 Å². The Morgan fingerprint density at radius 3 is 2.62 bits per heavy atom. The molecular formula is C20H26N4O4S. The smallest absolute Gasteiger partial charge is 0.213 e. The summed E-state index contributed by atoms with van der Waals surface area (Å²) >= 11 is 0. The molecule has 0 aliphatic carbocycles. The van der Waals surface area contributed by atoms with E-state index in [1.54, 1.807) is 19.3 Å². The van der Waals surface area contributed by atoms with Crippen LogP contribution in [0.15, 0.2) is 53.7 Å². The van der Waals surface area contributed by atoms with E-state index in [2.05, 4.69) is 20.6 Å². The van der Waals surface area contributed by atoms with Gasteiger partial charge in [0.05, 0.1) is 11.5 Å². The fourth-order valence-electron chi connectivity index (χ4n) is 2.91. The van der Waals surface area contributed by atoms with Crippen molar-refractivity contribution < 1.29 is 17.9 Å². The number of nitrogens with one attached hydrogen (secondary N) is 2. The quantitative estimate of drug-likeness (QED) is 0.379. The zero-order valence-corrected chi connectivity index (χ0v) is 17.2. The Bertz CT molecular complexity index is 902. The number of aromatic nitrogens is 1. The highest BCUT2D eigenvalue weighted by atomic mass is 32.2. The fraction of sp³-hybridized carbons (Fsp3) is 0.400. The van der Waals surface area contributed by atoms with Crippen molar-refractivity contribution >= 4 is 15.8 Å².